The van der Waals surface area contributed by atoms with Gasteiger partial charge >= 0.3 is 0 Å². The molecule has 1 unspecified atom stereocenters. The maximum atomic E-state index is 14.3. The first kappa shape index (κ1) is 34.2. The number of aromatic amines is 1. The lowest BCUT2D eigenvalue weighted by molar-refractivity contribution is -0.170. The summed E-state index contributed by atoms with van der Waals surface area (Å²) in [5, 5.41) is 7.16. The van der Waals surface area contributed by atoms with Crippen LogP contribution in [0, 0.1) is 40.3 Å². The smallest absolute Gasteiger partial charge is 0.252 e. The molecule has 2 aromatic carbocycles. The van der Waals surface area contributed by atoms with Crippen molar-refractivity contribution in [3.8, 4) is 11.3 Å². The molecule has 1 aromatic heterocycles. The number of rotatable bonds is 10. The minimum atomic E-state index is -2.47. The van der Waals surface area contributed by atoms with Crippen molar-refractivity contribution in [2.75, 3.05) is 32.9 Å². The van der Waals surface area contributed by atoms with Crippen LogP contribution in [-0.4, -0.2) is 55.8 Å². The SMILES string of the molecule is CC12CCC(F)(F)C[C@@H]1CC[C@@H]1[C@@H]2CC[C@]2(C)[C@@H](OCCOCCNCc3ccc(-c4[nH]c5cc(F)cc6c5c4CCNC6=O)cc3)CC[C@@H]12. The first-order valence-electron chi connectivity index (χ1n) is 19.1. The van der Waals surface area contributed by atoms with Crippen molar-refractivity contribution < 1.29 is 27.4 Å². The van der Waals surface area contributed by atoms with Gasteiger partial charge < -0.3 is 25.1 Å². The third kappa shape index (κ3) is 6.09. The number of aromatic nitrogens is 1. The maximum Gasteiger partial charge on any atom is 0.252 e. The molecule has 270 valence electrons. The summed E-state index contributed by atoms with van der Waals surface area (Å²) in [4.78, 5) is 15.9. The predicted octanol–water partition coefficient (Wildman–Crippen LogP) is 8.43. The number of carbonyl (C=O) groups excluding carboxylic acids is 1. The molecule has 0 spiro atoms. The highest BCUT2D eigenvalue weighted by Gasteiger charge is 2.62. The van der Waals surface area contributed by atoms with Crippen LogP contribution in [0.2, 0.25) is 0 Å². The first-order valence-corrected chi connectivity index (χ1v) is 19.1. The molecule has 4 saturated carbocycles. The Balaban J connectivity index is 0.773. The molecule has 0 saturated heterocycles. The van der Waals surface area contributed by atoms with Gasteiger partial charge in [-0.25, -0.2) is 13.2 Å². The van der Waals surface area contributed by atoms with Crippen LogP contribution in [0.15, 0.2) is 36.4 Å². The average molecular weight is 692 g/mol. The van der Waals surface area contributed by atoms with E-state index in [9.17, 15) is 18.0 Å². The van der Waals surface area contributed by atoms with E-state index in [0.717, 1.165) is 73.0 Å². The number of amides is 1. The summed E-state index contributed by atoms with van der Waals surface area (Å²) < 4.78 is 55.3. The molecule has 7 atom stereocenters. The summed E-state index contributed by atoms with van der Waals surface area (Å²) in [5.41, 5.74) is 5.45. The molecule has 1 aliphatic heterocycles. The molecule has 4 fully saturated rings. The van der Waals surface area contributed by atoms with Crippen molar-refractivity contribution >= 4 is 16.8 Å². The van der Waals surface area contributed by atoms with Crippen LogP contribution >= 0.6 is 0 Å². The number of carbonyl (C=O) groups is 1. The van der Waals surface area contributed by atoms with Crippen LogP contribution in [-0.2, 0) is 22.4 Å². The van der Waals surface area contributed by atoms with Crippen molar-refractivity contribution in [1.82, 2.24) is 15.6 Å². The molecule has 1 amide bonds. The normalized spacial score (nSPS) is 33.0. The largest absolute Gasteiger partial charge is 0.378 e. The van der Waals surface area contributed by atoms with E-state index in [0.29, 0.717) is 68.0 Å². The van der Waals surface area contributed by atoms with E-state index >= 15 is 0 Å². The topological polar surface area (TPSA) is 75.4 Å². The average Bonchev–Trinajstić information content (AvgIpc) is 3.57. The summed E-state index contributed by atoms with van der Waals surface area (Å²) >= 11 is 0. The number of nitrogens with one attached hydrogen (secondary N) is 3. The number of halogens is 3. The van der Waals surface area contributed by atoms with E-state index in [2.05, 4.69) is 53.7 Å². The second-order valence-corrected chi connectivity index (χ2v) is 16.5. The van der Waals surface area contributed by atoms with Gasteiger partial charge in [0.25, 0.3) is 5.91 Å². The second-order valence-electron chi connectivity index (χ2n) is 16.5. The van der Waals surface area contributed by atoms with E-state index in [4.69, 9.17) is 9.47 Å². The van der Waals surface area contributed by atoms with E-state index in [1.54, 1.807) is 0 Å². The molecule has 0 bridgehead atoms. The number of H-pyrrole nitrogens is 1. The van der Waals surface area contributed by atoms with Crippen molar-refractivity contribution in [3.05, 3.63) is 58.9 Å². The number of hydrogen-bond acceptors (Lipinski definition) is 4. The third-order valence-electron chi connectivity index (χ3n) is 14.0. The van der Waals surface area contributed by atoms with Gasteiger partial charge in [0.15, 0.2) is 0 Å². The molecule has 50 heavy (non-hydrogen) atoms. The highest BCUT2D eigenvalue weighted by Crippen LogP contribution is 2.67. The lowest BCUT2D eigenvalue weighted by Crippen LogP contribution is -2.55. The molecular weight excluding hydrogens is 639 g/mol. The molecule has 8 rings (SSSR count). The van der Waals surface area contributed by atoms with Gasteiger partial charge in [-0.1, -0.05) is 38.1 Å². The molecular formula is C41H52F3N3O3. The van der Waals surface area contributed by atoms with Gasteiger partial charge in [-0.15, -0.1) is 0 Å². The van der Waals surface area contributed by atoms with Gasteiger partial charge in [0.05, 0.1) is 31.5 Å². The Morgan fingerprint density at radius 2 is 1.74 bits per heavy atom. The molecule has 2 heterocycles. The quantitative estimate of drug-likeness (QED) is 0.187. The fourth-order valence-electron chi connectivity index (χ4n) is 11.4. The number of hydrogen-bond donors (Lipinski definition) is 3. The highest BCUT2D eigenvalue weighted by atomic mass is 19.3. The van der Waals surface area contributed by atoms with Crippen molar-refractivity contribution in [2.45, 2.75) is 96.6 Å². The van der Waals surface area contributed by atoms with Gasteiger partial charge in [-0.05, 0) is 115 Å². The van der Waals surface area contributed by atoms with E-state index in [-0.39, 0.29) is 41.6 Å². The van der Waals surface area contributed by atoms with Crippen LogP contribution in [0.5, 0.6) is 0 Å². The number of ether oxygens (including phenoxy) is 2. The fraction of sp³-hybridized carbons (Fsp3) is 0.634. The summed E-state index contributed by atoms with van der Waals surface area (Å²) in [7, 11) is 0. The van der Waals surface area contributed by atoms with E-state index in [1.807, 2.05) is 0 Å². The van der Waals surface area contributed by atoms with Crippen LogP contribution < -0.4 is 10.6 Å². The Bertz CT molecular complexity index is 1730. The summed E-state index contributed by atoms with van der Waals surface area (Å²) in [5.74, 6) is -1.05. The number of fused-ring (bicyclic) bond motifs is 5. The molecule has 0 radical (unpaired) electrons. The summed E-state index contributed by atoms with van der Waals surface area (Å²) in [6, 6.07) is 11.1. The Morgan fingerprint density at radius 1 is 0.920 bits per heavy atom. The standard InChI is InChI=1S/C41H52F3N3O3/c1-39-14-15-41(43,44)23-27(39)7-8-29-32-9-10-35(40(32,2)13-11-33(29)39)50-20-19-49-18-17-45-24-25-3-5-26(6-4-25)37-30-12-16-46-38(48)31-21-28(42)22-34(47-37)36(30)31/h3-6,21-22,27,29,32-33,35,45,47H,7-20,23-24H2,1-2H3,(H,46,48)/t27-,29-,32-,33-,35-,39?,40-/m0/s1. The molecule has 4 aliphatic carbocycles. The van der Waals surface area contributed by atoms with Crippen molar-refractivity contribution in [3.63, 3.8) is 0 Å². The minimum absolute atomic E-state index is 0.0715. The van der Waals surface area contributed by atoms with Crippen molar-refractivity contribution in [2.24, 2.45) is 34.5 Å². The summed E-state index contributed by atoms with van der Waals surface area (Å²) in [6.45, 7) is 8.56. The van der Waals surface area contributed by atoms with Gasteiger partial charge in [0.2, 0.25) is 5.92 Å². The molecule has 5 aliphatic rings. The minimum Gasteiger partial charge on any atom is -0.378 e. The zero-order valence-corrected chi connectivity index (χ0v) is 29.5. The lowest BCUT2D eigenvalue weighted by atomic mass is 9.45. The van der Waals surface area contributed by atoms with Crippen LogP contribution in [0.3, 0.4) is 0 Å². The van der Waals surface area contributed by atoms with Gasteiger partial charge in [-0.2, -0.15) is 0 Å². The second kappa shape index (κ2) is 13.3. The highest BCUT2D eigenvalue weighted by molar-refractivity contribution is 6.10. The van der Waals surface area contributed by atoms with Gasteiger partial charge in [-0.3, -0.25) is 4.79 Å². The van der Waals surface area contributed by atoms with Crippen LogP contribution in [0.4, 0.5) is 13.2 Å². The van der Waals surface area contributed by atoms with Gasteiger partial charge in [0.1, 0.15) is 5.82 Å². The Morgan fingerprint density at radius 3 is 2.58 bits per heavy atom. The van der Waals surface area contributed by atoms with E-state index in [1.165, 1.54) is 18.6 Å². The molecule has 3 aromatic rings. The maximum absolute atomic E-state index is 14.3. The lowest BCUT2D eigenvalue weighted by Gasteiger charge is -2.61. The first-order chi connectivity index (χ1) is 24.1. The van der Waals surface area contributed by atoms with Crippen LogP contribution in [0.1, 0.15) is 93.1 Å². The molecule has 6 nitrogen and oxygen atoms in total. The predicted molar refractivity (Wildman–Crippen MR) is 189 cm³/mol. The monoisotopic (exact) mass is 691 g/mol. The Kier molecular flexibility index (Phi) is 9.08. The molecule has 3 N–H and O–H groups in total. The fourth-order valence-corrected chi connectivity index (χ4v) is 11.4. The zero-order valence-electron chi connectivity index (χ0n) is 29.5. The number of benzene rings is 2. The van der Waals surface area contributed by atoms with E-state index < -0.39 is 11.7 Å². The Labute approximate surface area is 293 Å². The van der Waals surface area contributed by atoms with Crippen LogP contribution in [0.25, 0.3) is 22.2 Å². The van der Waals surface area contributed by atoms with Crippen molar-refractivity contribution in [1.29, 1.82) is 0 Å². The Hall–Kier alpha value is -2.88. The number of alkyl halides is 2. The zero-order chi connectivity index (χ0) is 34.7. The molecule has 9 heteroatoms. The van der Waals surface area contributed by atoms with Gasteiger partial charge in [0, 0.05) is 49.1 Å². The summed E-state index contributed by atoms with van der Waals surface area (Å²) in [6.07, 6.45) is 8.50. The third-order valence-corrected chi connectivity index (χ3v) is 14.0.